The summed E-state index contributed by atoms with van der Waals surface area (Å²) >= 11 is 0. The molecule has 0 spiro atoms. The molecule has 1 aromatic heterocycles. The molecule has 1 aliphatic carbocycles. The zero-order valence-corrected chi connectivity index (χ0v) is 17.3. The summed E-state index contributed by atoms with van der Waals surface area (Å²) < 4.78 is 5.47. The number of ether oxygens (including phenoxy) is 1. The predicted molar refractivity (Wildman–Crippen MR) is 107 cm³/mol. The first kappa shape index (κ1) is 19.9. The summed E-state index contributed by atoms with van der Waals surface area (Å²) in [6.45, 7) is 10.8. The largest absolute Gasteiger partial charge is 0.444 e. The van der Waals surface area contributed by atoms with Gasteiger partial charge in [-0.15, -0.1) is 0 Å². The van der Waals surface area contributed by atoms with Crippen LogP contribution >= 0.6 is 0 Å². The summed E-state index contributed by atoms with van der Waals surface area (Å²) in [5.41, 5.74) is 0.682. The zero-order valence-electron chi connectivity index (χ0n) is 17.3. The highest BCUT2D eigenvalue weighted by atomic mass is 16.6. The Kier molecular flexibility index (Phi) is 6.22. The first-order valence-electron chi connectivity index (χ1n) is 10.4. The van der Waals surface area contributed by atoms with E-state index in [-0.39, 0.29) is 6.09 Å². The van der Waals surface area contributed by atoms with Crippen molar-refractivity contribution in [2.24, 2.45) is 5.92 Å². The number of piperazine rings is 1. The van der Waals surface area contributed by atoms with Crippen molar-refractivity contribution >= 4 is 11.9 Å². The lowest BCUT2D eigenvalue weighted by Crippen LogP contribution is -2.50. The minimum atomic E-state index is -0.454. The maximum Gasteiger partial charge on any atom is 0.410 e. The van der Waals surface area contributed by atoms with Crippen LogP contribution in [0, 0.1) is 5.92 Å². The first-order valence-corrected chi connectivity index (χ1v) is 10.4. The van der Waals surface area contributed by atoms with Gasteiger partial charge < -0.3 is 14.5 Å². The van der Waals surface area contributed by atoms with Gasteiger partial charge in [-0.2, -0.15) is 0 Å². The highest BCUT2D eigenvalue weighted by molar-refractivity contribution is 5.68. The molecule has 0 radical (unpaired) electrons. The van der Waals surface area contributed by atoms with Crippen LogP contribution in [0.1, 0.15) is 71.4 Å². The molecule has 1 aliphatic heterocycles. The number of rotatable bonds is 3. The Morgan fingerprint density at radius 1 is 1.11 bits per heavy atom. The minimum absolute atomic E-state index is 0.227. The summed E-state index contributed by atoms with van der Waals surface area (Å²) in [6, 6.07) is 0. The third-order valence-electron chi connectivity index (χ3n) is 5.74. The van der Waals surface area contributed by atoms with Crippen LogP contribution < -0.4 is 4.90 Å². The maximum absolute atomic E-state index is 12.2. The summed E-state index contributed by atoms with van der Waals surface area (Å²) in [6.07, 6.45) is 9.92. The highest BCUT2D eigenvalue weighted by Crippen LogP contribution is 2.36. The van der Waals surface area contributed by atoms with Gasteiger partial charge in [0.25, 0.3) is 0 Å². The molecule has 150 valence electrons. The molecule has 1 saturated heterocycles. The van der Waals surface area contributed by atoms with Crippen LogP contribution in [-0.2, 0) is 4.74 Å². The zero-order chi connectivity index (χ0) is 19.4. The second-order valence-electron chi connectivity index (χ2n) is 8.88. The van der Waals surface area contributed by atoms with E-state index in [0.717, 1.165) is 30.5 Å². The van der Waals surface area contributed by atoms with E-state index >= 15 is 0 Å². The molecule has 0 N–H and O–H groups in total. The molecule has 2 heterocycles. The number of carbonyl (C=O) groups is 1. The SMILES string of the molecule is CCC1CCC(c2cncc(N3CCN(C(=O)OC(C)(C)C)CC3)n2)CC1. The van der Waals surface area contributed by atoms with Gasteiger partial charge in [0.15, 0.2) is 0 Å². The average molecular weight is 375 g/mol. The third-order valence-corrected chi connectivity index (χ3v) is 5.74. The fourth-order valence-electron chi connectivity index (χ4n) is 4.03. The Morgan fingerprint density at radius 2 is 1.78 bits per heavy atom. The minimum Gasteiger partial charge on any atom is -0.444 e. The van der Waals surface area contributed by atoms with Crippen LogP contribution in [0.4, 0.5) is 10.6 Å². The van der Waals surface area contributed by atoms with Crippen LogP contribution in [0.5, 0.6) is 0 Å². The number of hydrogen-bond donors (Lipinski definition) is 0. The summed E-state index contributed by atoms with van der Waals surface area (Å²) in [7, 11) is 0. The Labute approximate surface area is 163 Å². The van der Waals surface area contributed by atoms with Crippen LogP contribution in [0.3, 0.4) is 0 Å². The van der Waals surface area contributed by atoms with Crippen molar-refractivity contribution < 1.29 is 9.53 Å². The number of carbonyl (C=O) groups excluding carboxylic acids is 1. The van der Waals surface area contributed by atoms with Crippen molar-refractivity contribution in [2.75, 3.05) is 31.1 Å². The predicted octanol–water partition coefficient (Wildman–Crippen LogP) is 4.22. The molecular weight excluding hydrogens is 340 g/mol. The van der Waals surface area contributed by atoms with Gasteiger partial charge in [-0.3, -0.25) is 4.98 Å². The van der Waals surface area contributed by atoms with E-state index < -0.39 is 5.60 Å². The van der Waals surface area contributed by atoms with Crippen LogP contribution in [0.25, 0.3) is 0 Å². The highest BCUT2D eigenvalue weighted by Gasteiger charge is 2.27. The van der Waals surface area contributed by atoms with Crippen molar-refractivity contribution in [3.63, 3.8) is 0 Å². The molecule has 1 aromatic rings. The van der Waals surface area contributed by atoms with Gasteiger partial charge >= 0.3 is 6.09 Å². The van der Waals surface area contributed by atoms with Gasteiger partial charge in [0, 0.05) is 38.3 Å². The van der Waals surface area contributed by atoms with Crippen LogP contribution in [0.15, 0.2) is 12.4 Å². The smallest absolute Gasteiger partial charge is 0.410 e. The fourth-order valence-corrected chi connectivity index (χ4v) is 4.03. The maximum atomic E-state index is 12.2. The van der Waals surface area contributed by atoms with Gasteiger partial charge in [0.1, 0.15) is 11.4 Å². The molecule has 2 fully saturated rings. The number of amides is 1. The average Bonchev–Trinajstić information content (AvgIpc) is 2.67. The molecule has 0 atom stereocenters. The van der Waals surface area contributed by atoms with E-state index in [9.17, 15) is 4.79 Å². The molecule has 1 amide bonds. The Balaban J connectivity index is 1.56. The third kappa shape index (κ3) is 5.33. The fraction of sp³-hybridized carbons (Fsp3) is 0.762. The number of aromatic nitrogens is 2. The quantitative estimate of drug-likeness (QED) is 0.793. The molecule has 0 unspecified atom stereocenters. The van der Waals surface area contributed by atoms with E-state index in [1.165, 1.54) is 32.1 Å². The standard InChI is InChI=1S/C21H34N4O2/c1-5-16-6-8-17(9-7-16)18-14-22-15-19(23-18)24-10-12-25(13-11-24)20(26)27-21(2,3)4/h14-17H,5-13H2,1-4H3. The lowest BCUT2D eigenvalue weighted by molar-refractivity contribution is 0.0240. The van der Waals surface area contributed by atoms with Crippen molar-refractivity contribution in [1.82, 2.24) is 14.9 Å². The van der Waals surface area contributed by atoms with Gasteiger partial charge in [0.2, 0.25) is 0 Å². The Bertz CT molecular complexity index is 627. The first-order chi connectivity index (χ1) is 12.9. The van der Waals surface area contributed by atoms with Gasteiger partial charge in [0.05, 0.1) is 11.9 Å². The summed E-state index contributed by atoms with van der Waals surface area (Å²) in [5, 5.41) is 0. The molecule has 27 heavy (non-hydrogen) atoms. The topological polar surface area (TPSA) is 58.6 Å². The van der Waals surface area contributed by atoms with E-state index in [2.05, 4.69) is 16.8 Å². The molecular formula is C21H34N4O2. The van der Waals surface area contributed by atoms with E-state index in [1.807, 2.05) is 33.2 Å². The van der Waals surface area contributed by atoms with Crippen LogP contribution in [0.2, 0.25) is 0 Å². The van der Waals surface area contributed by atoms with Gasteiger partial charge in [-0.25, -0.2) is 9.78 Å². The van der Waals surface area contributed by atoms with Crippen LogP contribution in [-0.4, -0.2) is 52.7 Å². The normalized spacial score (nSPS) is 24.0. The van der Waals surface area contributed by atoms with Gasteiger partial charge in [-0.1, -0.05) is 13.3 Å². The summed E-state index contributed by atoms with van der Waals surface area (Å²) in [5.74, 6) is 2.37. The molecule has 1 saturated carbocycles. The second kappa shape index (κ2) is 8.44. The Hall–Kier alpha value is -1.85. The molecule has 6 nitrogen and oxygen atoms in total. The van der Waals surface area contributed by atoms with E-state index in [1.54, 1.807) is 4.90 Å². The lowest BCUT2D eigenvalue weighted by atomic mass is 9.79. The summed E-state index contributed by atoms with van der Waals surface area (Å²) in [4.78, 5) is 25.6. The van der Waals surface area contributed by atoms with Crippen molar-refractivity contribution in [2.45, 2.75) is 71.3 Å². The van der Waals surface area contributed by atoms with Crippen molar-refractivity contribution in [3.8, 4) is 0 Å². The molecule has 3 rings (SSSR count). The lowest BCUT2D eigenvalue weighted by Gasteiger charge is -2.36. The van der Waals surface area contributed by atoms with Crippen molar-refractivity contribution in [1.29, 1.82) is 0 Å². The second-order valence-corrected chi connectivity index (χ2v) is 8.88. The van der Waals surface area contributed by atoms with E-state index in [4.69, 9.17) is 9.72 Å². The molecule has 6 heteroatoms. The Morgan fingerprint density at radius 3 is 2.37 bits per heavy atom. The number of nitrogens with zero attached hydrogens (tertiary/aromatic N) is 4. The molecule has 0 bridgehead atoms. The van der Waals surface area contributed by atoms with Gasteiger partial charge in [-0.05, 0) is 52.4 Å². The van der Waals surface area contributed by atoms with Crippen molar-refractivity contribution in [3.05, 3.63) is 18.1 Å². The molecule has 0 aromatic carbocycles. The number of hydrogen-bond acceptors (Lipinski definition) is 5. The molecule has 2 aliphatic rings. The van der Waals surface area contributed by atoms with E-state index in [0.29, 0.717) is 19.0 Å². The number of anilines is 1. The monoisotopic (exact) mass is 374 g/mol.